The highest BCUT2D eigenvalue weighted by Gasteiger charge is 2.40. The molecule has 2 aromatic rings. The SMILES string of the molecule is CC1CN(c2ccc([N+](=O)[O-])cc2[N+](=O)[O-])C1c1ccccc1. The second kappa shape index (κ2) is 5.68. The summed E-state index contributed by atoms with van der Waals surface area (Å²) in [4.78, 5) is 22.9. The van der Waals surface area contributed by atoms with E-state index in [1.54, 1.807) is 0 Å². The van der Waals surface area contributed by atoms with Crippen LogP contribution in [0.1, 0.15) is 18.5 Å². The topological polar surface area (TPSA) is 89.5 Å². The summed E-state index contributed by atoms with van der Waals surface area (Å²) in [5.74, 6) is 0.354. The Bertz CT molecular complexity index is 763. The summed E-state index contributed by atoms with van der Waals surface area (Å²) in [6.45, 7) is 2.77. The molecule has 0 bridgehead atoms. The average Bonchev–Trinajstić information content (AvgIpc) is 2.52. The Morgan fingerprint density at radius 3 is 2.30 bits per heavy atom. The van der Waals surface area contributed by atoms with Gasteiger partial charge in [-0.25, -0.2) is 0 Å². The lowest BCUT2D eigenvalue weighted by Gasteiger charge is -2.48. The van der Waals surface area contributed by atoms with Gasteiger partial charge >= 0.3 is 0 Å². The van der Waals surface area contributed by atoms with Crippen molar-refractivity contribution in [3.8, 4) is 0 Å². The van der Waals surface area contributed by atoms with E-state index in [-0.39, 0.29) is 17.4 Å². The van der Waals surface area contributed by atoms with Crippen LogP contribution in [0, 0.1) is 26.1 Å². The van der Waals surface area contributed by atoms with E-state index in [1.165, 1.54) is 12.1 Å². The zero-order chi connectivity index (χ0) is 16.6. The van der Waals surface area contributed by atoms with Gasteiger partial charge in [-0.15, -0.1) is 0 Å². The number of rotatable bonds is 4. The average molecular weight is 313 g/mol. The normalized spacial score (nSPS) is 20.0. The van der Waals surface area contributed by atoms with Crippen LogP contribution in [0.4, 0.5) is 17.1 Å². The number of nitro benzene ring substituents is 2. The molecule has 0 N–H and O–H groups in total. The lowest BCUT2D eigenvalue weighted by Crippen LogP contribution is -2.48. The predicted octanol–water partition coefficient (Wildman–Crippen LogP) is 3.70. The third kappa shape index (κ3) is 2.61. The first-order valence-electron chi connectivity index (χ1n) is 7.23. The number of hydrogen-bond acceptors (Lipinski definition) is 5. The van der Waals surface area contributed by atoms with Crippen LogP contribution >= 0.6 is 0 Å². The van der Waals surface area contributed by atoms with Gasteiger partial charge in [0.25, 0.3) is 11.4 Å². The maximum atomic E-state index is 11.3. The highest BCUT2D eigenvalue weighted by Crippen LogP contribution is 2.45. The fourth-order valence-corrected chi connectivity index (χ4v) is 3.11. The van der Waals surface area contributed by atoms with Crippen LogP contribution in [0.5, 0.6) is 0 Å². The first kappa shape index (κ1) is 15.0. The van der Waals surface area contributed by atoms with Gasteiger partial charge in [0.05, 0.1) is 22.0 Å². The van der Waals surface area contributed by atoms with Crippen LogP contribution in [-0.2, 0) is 0 Å². The van der Waals surface area contributed by atoms with Crippen molar-refractivity contribution in [2.24, 2.45) is 5.92 Å². The number of nitro groups is 2. The fraction of sp³-hybridized carbons (Fsp3) is 0.250. The highest BCUT2D eigenvalue weighted by atomic mass is 16.6. The molecule has 1 aliphatic rings. The summed E-state index contributed by atoms with van der Waals surface area (Å²) in [5.41, 5.74) is 1.00. The largest absolute Gasteiger partial charge is 0.358 e. The summed E-state index contributed by atoms with van der Waals surface area (Å²) in [6, 6.07) is 13.6. The van der Waals surface area contributed by atoms with Crippen molar-refractivity contribution in [1.29, 1.82) is 0 Å². The zero-order valence-electron chi connectivity index (χ0n) is 12.5. The molecule has 0 aliphatic carbocycles. The molecule has 0 spiro atoms. The summed E-state index contributed by atoms with van der Waals surface area (Å²) in [6.07, 6.45) is 0. The van der Waals surface area contributed by atoms with E-state index in [2.05, 4.69) is 6.92 Å². The summed E-state index contributed by atoms with van der Waals surface area (Å²) in [5, 5.41) is 22.2. The minimum Gasteiger partial charge on any atom is -0.358 e. The van der Waals surface area contributed by atoms with Crippen molar-refractivity contribution >= 4 is 17.1 Å². The third-order valence-corrected chi connectivity index (χ3v) is 4.18. The van der Waals surface area contributed by atoms with Crippen molar-refractivity contribution in [3.63, 3.8) is 0 Å². The monoisotopic (exact) mass is 313 g/mol. The third-order valence-electron chi connectivity index (χ3n) is 4.18. The molecule has 1 aliphatic heterocycles. The van der Waals surface area contributed by atoms with Gasteiger partial charge in [0.15, 0.2) is 0 Å². The van der Waals surface area contributed by atoms with Gasteiger partial charge in [-0.2, -0.15) is 0 Å². The summed E-state index contributed by atoms with van der Waals surface area (Å²) < 4.78 is 0. The molecule has 1 heterocycles. The molecule has 118 valence electrons. The molecule has 0 amide bonds. The van der Waals surface area contributed by atoms with Crippen LogP contribution in [0.15, 0.2) is 48.5 Å². The van der Waals surface area contributed by atoms with E-state index in [4.69, 9.17) is 0 Å². The number of hydrogen-bond donors (Lipinski definition) is 0. The van der Waals surface area contributed by atoms with Crippen molar-refractivity contribution in [3.05, 3.63) is 74.3 Å². The van der Waals surface area contributed by atoms with E-state index in [1.807, 2.05) is 35.2 Å². The van der Waals surface area contributed by atoms with Crippen LogP contribution < -0.4 is 4.90 Å². The Kier molecular flexibility index (Phi) is 3.69. The minimum atomic E-state index is -0.621. The minimum absolute atomic E-state index is 0.0383. The first-order valence-corrected chi connectivity index (χ1v) is 7.23. The molecule has 7 nitrogen and oxygen atoms in total. The molecule has 23 heavy (non-hydrogen) atoms. The molecule has 0 saturated carbocycles. The van der Waals surface area contributed by atoms with Crippen LogP contribution in [0.3, 0.4) is 0 Å². The van der Waals surface area contributed by atoms with Crippen LogP contribution in [0.2, 0.25) is 0 Å². The van der Waals surface area contributed by atoms with Gasteiger partial charge in [-0.3, -0.25) is 20.2 Å². The molecule has 2 aromatic carbocycles. The Balaban J connectivity index is 2.01. The van der Waals surface area contributed by atoms with Gasteiger partial charge in [-0.05, 0) is 17.5 Å². The maximum absolute atomic E-state index is 11.3. The Morgan fingerprint density at radius 1 is 1.04 bits per heavy atom. The standard InChI is InChI=1S/C16H15N3O4/c1-11-10-17(16(11)12-5-3-2-4-6-12)14-8-7-13(18(20)21)9-15(14)19(22)23/h2-9,11,16H,10H2,1H3. The smallest absolute Gasteiger partial charge is 0.299 e. The molecule has 1 saturated heterocycles. The lowest BCUT2D eigenvalue weighted by atomic mass is 9.84. The van der Waals surface area contributed by atoms with Gasteiger partial charge < -0.3 is 4.90 Å². The fourth-order valence-electron chi connectivity index (χ4n) is 3.11. The van der Waals surface area contributed by atoms with E-state index in [9.17, 15) is 20.2 Å². The van der Waals surface area contributed by atoms with E-state index in [0.717, 1.165) is 11.6 Å². The second-order valence-electron chi connectivity index (χ2n) is 5.67. The van der Waals surface area contributed by atoms with Crippen molar-refractivity contribution < 1.29 is 9.85 Å². The van der Waals surface area contributed by atoms with Gasteiger partial charge in [0.2, 0.25) is 0 Å². The predicted molar refractivity (Wildman–Crippen MR) is 85.4 cm³/mol. The van der Waals surface area contributed by atoms with Gasteiger partial charge in [0, 0.05) is 12.6 Å². The first-order chi connectivity index (χ1) is 11.0. The van der Waals surface area contributed by atoms with Crippen LogP contribution in [0.25, 0.3) is 0 Å². The number of benzene rings is 2. The molecule has 0 aromatic heterocycles. The molecule has 3 rings (SSSR count). The van der Waals surface area contributed by atoms with Gasteiger partial charge in [0.1, 0.15) is 5.69 Å². The molecule has 0 radical (unpaired) electrons. The summed E-state index contributed by atoms with van der Waals surface area (Å²) in [7, 11) is 0. The van der Waals surface area contributed by atoms with Crippen LogP contribution in [-0.4, -0.2) is 16.4 Å². The van der Waals surface area contributed by atoms with E-state index < -0.39 is 9.85 Å². The Hall–Kier alpha value is -2.96. The molecular formula is C16H15N3O4. The van der Waals surface area contributed by atoms with E-state index in [0.29, 0.717) is 18.2 Å². The number of nitrogens with zero attached hydrogens (tertiary/aromatic N) is 3. The number of non-ortho nitro benzene ring substituents is 1. The maximum Gasteiger partial charge on any atom is 0.299 e. The van der Waals surface area contributed by atoms with Crippen molar-refractivity contribution in [2.75, 3.05) is 11.4 Å². The zero-order valence-corrected chi connectivity index (χ0v) is 12.5. The van der Waals surface area contributed by atoms with Crippen molar-refractivity contribution in [2.45, 2.75) is 13.0 Å². The molecular weight excluding hydrogens is 298 g/mol. The lowest BCUT2D eigenvalue weighted by molar-refractivity contribution is -0.393. The molecule has 2 unspecified atom stereocenters. The molecule has 2 atom stereocenters. The Morgan fingerprint density at radius 2 is 1.74 bits per heavy atom. The Labute approximate surface area is 132 Å². The molecule has 1 fully saturated rings. The highest BCUT2D eigenvalue weighted by molar-refractivity contribution is 5.69. The van der Waals surface area contributed by atoms with E-state index >= 15 is 0 Å². The summed E-state index contributed by atoms with van der Waals surface area (Å²) >= 11 is 0. The second-order valence-corrected chi connectivity index (χ2v) is 5.67. The van der Waals surface area contributed by atoms with Gasteiger partial charge in [-0.1, -0.05) is 37.3 Å². The number of anilines is 1. The quantitative estimate of drug-likeness (QED) is 0.634. The van der Waals surface area contributed by atoms with Crippen molar-refractivity contribution in [1.82, 2.24) is 0 Å². The molecule has 7 heteroatoms.